The zero-order valence-corrected chi connectivity index (χ0v) is 9.20. The summed E-state index contributed by atoms with van der Waals surface area (Å²) in [5.74, 6) is 0.681. The van der Waals surface area contributed by atoms with Gasteiger partial charge in [0.25, 0.3) is 0 Å². The number of nitrogens with one attached hydrogen (secondary N) is 1. The van der Waals surface area contributed by atoms with Gasteiger partial charge < -0.3 is 5.32 Å². The van der Waals surface area contributed by atoms with E-state index in [0.29, 0.717) is 5.92 Å². The number of hydrogen-bond acceptors (Lipinski definition) is 1. The van der Waals surface area contributed by atoms with Crippen molar-refractivity contribution in [1.82, 2.24) is 5.32 Å². The lowest BCUT2D eigenvalue weighted by molar-refractivity contribution is 0.283. The minimum absolute atomic E-state index is 0.182. The minimum Gasteiger partial charge on any atom is -0.384 e. The van der Waals surface area contributed by atoms with Gasteiger partial charge in [0.05, 0.1) is 0 Å². The number of hydrogen-bond donors (Lipinski definition) is 1. The molecule has 1 N–H and O–H groups in total. The maximum absolute atomic E-state index is 3.96. The lowest BCUT2D eigenvalue weighted by atomic mass is 9.87. The van der Waals surface area contributed by atoms with E-state index in [-0.39, 0.29) is 5.54 Å². The third-order valence-corrected chi connectivity index (χ3v) is 2.77. The third kappa shape index (κ3) is 3.29. The van der Waals surface area contributed by atoms with Gasteiger partial charge >= 0.3 is 0 Å². The fourth-order valence-corrected chi connectivity index (χ4v) is 1.18. The van der Waals surface area contributed by atoms with Gasteiger partial charge in [0.2, 0.25) is 0 Å². The topological polar surface area (TPSA) is 12.0 Å². The van der Waals surface area contributed by atoms with Crippen LogP contribution in [0.1, 0.15) is 47.5 Å². The highest BCUT2D eigenvalue weighted by molar-refractivity contribution is 4.98. The van der Waals surface area contributed by atoms with Crippen molar-refractivity contribution < 1.29 is 0 Å². The molecule has 0 fully saturated rings. The maximum Gasteiger partial charge on any atom is 0.0339 e. The van der Waals surface area contributed by atoms with Gasteiger partial charge in [0, 0.05) is 11.2 Å². The lowest BCUT2D eigenvalue weighted by Gasteiger charge is -2.34. The highest BCUT2D eigenvalue weighted by atomic mass is 15.0. The van der Waals surface area contributed by atoms with Crippen molar-refractivity contribution in [3.05, 3.63) is 12.3 Å². The summed E-state index contributed by atoms with van der Waals surface area (Å²) in [5.41, 5.74) is 1.32. The minimum atomic E-state index is 0.182. The molecule has 1 heteroatoms. The summed E-state index contributed by atoms with van der Waals surface area (Å²) in [6.45, 7) is 15.1. The lowest BCUT2D eigenvalue weighted by Crippen LogP contribution is -2.43. The second-order valence-corrected chi connectivity index (χ2v) is 4.11. The van der Waals surface area contributed by atoms with E-state index in [1.165, 1.54) is 6.42 Å². The van der Waals surface area contributed by atoms with Crippen molar-refractivity contribution in [1.29, 1.82) is 0 Å². The Morgan fingerprint density at radius 2 is 1.92 bits per heavy atom. The molecule has 0 radical (unpaired) electrons. The summed E-state index contributed by atoms with van der Waals surface area (Å²) < 4.78 is 0. The summed E-state index contributed by atoms with van der Waals surface area (Å²) >= 11 is 0. The van der Waals surface area contributed by atoms with E-state index < -0.39 is 0 Å². The molecular formula is C11H23N. The Balaban J connectivity index is 4.11. The van der Waals surface area contributed by atoms with E-state index in [1.807, 2.05) is 0 Å². The van der Waals surface area contributed by atoms with Crippen LogP contribution in [0.5, 0.6) is 0 Å². The monoisotopic (exact) mass is 169 g/mol. The van der Waals surface area contributed by atoms with Crippen molar-refractivity contribution in [3.8, 4) is 0 Å². The first-order chi connectivity index (χ1) is 5.44. The van der Waals surface area contributed by atoms with Crippen LogP contribution in [0.15, 0.2) is 12.3 Å². The number of allylic oxidation sites excluding steroid dienone is 1. The summed E-state index contributed by atoms with van der Waals surface area (Å²) in [5, 5.41) is 3.46. The molecule has 1 atom stereocenters. The van der Waals surface area contributed by atoms with E-state index in [0.717, 1.165) is 12.1 Å². The molecule has 0 heterocycles. The van der Waals surface area contributed by atoms with Gasteiger partial charge in [-0.05, 0) is 26.2 Å². The second-order valence-electron chi connectivity index (χ2n) is 4.11. The zero-order chi connectivity index (χ0) is 9.78. The van der Waals surface area contributed by atoms with Crippen LogP contribution in [-0.2, 0) is 0 Å². The molecule has 0 spiro atoms. The van der Waals surface area contributed by atoms with Crippen LogP contribution in [0.4, 0.5) is 0 Å². The van der Waals surface area contributed by atoms with Crippen molar-refractivity contribution in [2.45, 2.75) is 53.0 Å². The van der Waals surface area contributed by atoms with E-state index in [2.05, 4.69) is 46.5 Å². The van der Waals surface area contributed by atoms with Gasteiger partial charge in [-0.3, -0.25) is 0 Å². The highest BCUT2D eigenvalue weighted by Gasteiger charge is 2.23. The Morgan fingerprint density at radius 1 is 1.42 bits per heavy atom. The molecule has 0 saturated heterocycles. The molecule has 0 unspecified atom stereocenters. The molecule has 0 bridgehead atoms. The summed E-state index contributed by atoms with van der Waals surface area (Å²) in [6.07, 6.45) is 2.22. The quantitative estimate of drug-likeness (QED) is 0.665. The molecule has 0 aromatic carbocycles. The van der Waals surface area contributed by atoms with Gasteiger partial charge in [-0.15, -0.1) is 0 Å². The fourth-order valence-electron chi connectivity index (χ4n) is 1.18. The average Bonchev–Trinajstić information content (AvgIpc) is 2.02. The Hall–Kier alpha value is -0.460. The molecule has 72 valence electrons. The molecular weight excluding hydrogens is 146 g/mol. The van der Waals surface area contributed by atoms with Crippen molar-refractivity contribution in [2.24, 2.45) is 5.92 Å². The van der Waals surface area contributed by atoms with Crippen LogP contribution in [0.3, 0.4) is 0 Å². The summed E-state index contributed by atoms with van der Waals surface area (Å²) in [7, 11) is 0. The van der Waals surface area contributed by atoms with Crippen LogP contribution in [0.25, 0.3) is 0 Å². The Bertz CT molecular complexity index is 147. The first kappa shape index (κ1) is 11.5. The first-order valence-electron chi connectivity index (χ1n) is 4.90. The SMILES string of the molecule is C=C(CC)NC(C)(C)[C@@H](C)CC. The van der Waals surface area contributed by atoms with Crippen LogP contribution >= 0.6 is 0 Å². The Labute approximate surface area is 77.2 Å². The van der Waals surface area contributed by atoms with E-state index in [1.54, 1.807) is 0 Å². The smallest absolute Gasteiger partial charge is 0.0339 e. The largest absolute Gasteiger partial charge is 0.384 e. The molecule has 0 aliphatic carbocycles. The summed E-state index contributed by atoms with van der Waals surface area (Å²) in [4.78, 5) is 0. The van der Waals surface area contributed by atoms with E-state index in [9.17, 15) is 0 Å². The third-order valence-electron chi connectivity index (χ3n) is 2.77. The number of rotatable bonds is 5. The van der Waals surface area contributed by atoms with Crippen LogP contribution in [-0.4, -0.2) is 5.54 Å². The first-order valence-corrected chi connectivity index (χ1v) is 4.90. The van der Waals surface area contributed by atoms with Crippen LogP contribution in [0, 0.1) is 5.92 Å². The van der Waals surface area contributed by atoms with Gasteiger partial charge in [0.15, 0.2) is 0 Å². The normalized spacial score (nSPS) is 14.1. The predicted octanol–water partition coefficient (Wildman–Crippen LogP) is 3.32. The molecule has 0 aliphatic rings. The van der Waals surface area contributed by atoms with E-state index in [4.69, 9.17) is 0 Å². The van der Waals surface area contributed by atoms with Crippen molar-refractivity contribution >= 4 is 0 Å². The Kier molecular flexibility index (Phi) is 4.36. The zero-order valence-electron chi connectivity index (χ0n) is 9.20. The van der Waals surface area contributed by atoms with Crippen molar-refractivity contribution in [3.63, 3.8) is 0 Å². The van der Waals surface area contributed by atoms with Crippen LogP contribution in [0.2, 0.25) is 0 Å². The highest BCUT2D eigenvalue weighted by Crippen LogP contribution is 2.20. The van der Waals surface area contributed by atoms with Gasteiger partial charge in [0.1, 0.15) is 0 Å². The predicted molar refractivity (Wildman–Crippen MR) is 56.1 cm³/mol. The fraction of sp³-hybridized carbons (Fsp3) is 0.818. The maximum atomic E-state index is 3.96. The summed E-state index contributed by atoms with van der Waals surface area (Å²) in [6, 6.07) is 0. The second kappa shape index (κ2) is 4.54. The van der Waals surface area contributed by atoms with Gasteiger partial charge in [-0.1, -0.05) is 33.8 Å². The molecule has 0 aromatic rings. The molecule has 0 amide bonds. The Morgan fingerprint density at radius 3 is 2.25 bits per heavy atom. The molecule has 0 aliphatic heterocycles. The average molecular weight is 169 g/mol. The molecule has 12 heavy (non-hydrogen) atoms. The molecule has 0 saturated carbocycles. The van der Waals surface area contributed by atoms with Crippen molar-refractivity contribution in [2.75, 3.05) is 0 Å². The molecule has 0 rings (SSSR count). The van der Waals surface area contributed by atoms with Crippen LogP contribution < -0.4 is 5.32 Å². The molecule has 0 aromatic heterocycles. The van der Waals surface area contributed by atoms with Gasteiger partial charge in [-0.25, -0.2) is 0 Å². The molecule has 1 nitrogen and oxygen atoms in total. The van der Waals surface area contributed by atoms with Gasteiger partial charge in [-0.2, -0.15) is 0 Å². The van der Waals surface area contributed by atoms with E-state index >= 15 is 0 Å². The standard InChI is InChI=1S/C11H23N/c1-7-9(3)11(5,6)12-10(4)8-2/h9,12H,4,7-8H2,1-3,5-6H3/t9-/m0/s1.